The molecule has 1 fully saturated rings. The highest BCUT2D eigenvalue weighted by atomic mass is 32.1. The minimum Gasteiger partial charge on any atom is -0.471 e. The van der Waals surface area contributed by atoms with E-state index in [9.17, 15) is 14.3 Å². The summed E-state index contributed by atoms with van der Waals surface area (Å²) in [7, 11) is 0. The second-order valence-electron chi connectivity index (χ2n) is 12.5. The smallest absolute Gasteiger partial charge is 0.218 e. The molecule has 1 aliphatic carbocycles. The number of thiazole rings is 1. The number of nitrogens with zero attached hydrogens (tertiary/aromatic N) is 2. The average molecular weight is 567 g/mol. The molecule has 1 unspecified atom stereocenters. The van der Waals surface area contributed by atoms with Gasteiger partial charge in [-0.25, -0.2) is 14.4 Å². The van der Waals surface area contributed by atoms with Crippen molar-refractivity contribution < 1.29 is 19.0 Å². The standard InChI is InChI=1S/C31H39FN4O3S/c1-19(37)36-25(13-20-10-22(14-23(32)11-20)29-33-8-9-40-29)27(38)18-34-26-16-31(6-5-7-31)39-28-24(26)12-21(17-35-28)15-30(2,3)4/h8-12,14,17,25-27,34,38H,5-7,13,15-16,18H2,1-4H3,(H,36,37)/t25-,26?,27+/m0/s1. The number of rotatable bonds is 9. The van der Waals surface area contributed by atoms with E-state index >= 15 is 0 Å². The fraction of sp³-hybridized carbons (Fsp3) is 0.516. The van der Waals surface area contributed by atoms with Gasteiger partial charge in [0.2, 0.25) is 11.8 Å². The van der Waals surface area contributed by atoms with Crippen molar-refractivity contribution in [1.82, 2.24) is 20.6 Å². The van der Waals surface area contributed by atoms with Crippen molar-refractivity contribution in [3.05, 3.63) is 64.5 Å². The number of hydrogen-bond donors (Lipinski definition) is 3. The zero-order valence-corrected chi connectivity index (χ0v) is 24.5. The van der Waals surface area contributed by atoms with Crippen LogP contribution >= 0.6 is 11.3 Å². The minimum atomic E-state index is -0.898. The Kier molecular flexibility index (Phi) is 8.27. The van der Waals surface area contributed by atoms with Crippen molar-refractivity contribution in [2.24, 2.45) is 5.41 Å². The number of pyridine rings is 1. The van der Waals surface area contributed by atoms with Crippen molar-refractivity contribution in [2.45, 2.75) is 90.0 Å². The molecule has 1 spiro atoms. The van der Waals surface area contributed by atoms with Crippen LogP contribution in [0.4, 0.5) is 4.39 Å². The van der Waals surface area contributed by atoms with E-state index < -0.39 is 12.1 Å². The third-order valence-electron chi connectivity index (χ3n) is 7.72. The topological polar surface area (TPSA) is 96.4 Å². The molecule has 3 N–H and O–H groups in total. The van der Waals surface area contributed by atoms with Gasteiger partial charge in [-0.15, -0.1) is 11.3 Å². The van der Waals surface area contributed by atoms with Crippen molar-refractivity contribution in [1.29, 1.82) is 0 Å². The Morgan fingerprint density at radius 1 is 1.23 bits per heavy atom. The predicted molar refractivity (Wildman–Crippen MR) is 155 cm³/mol. The molecular weight excluding hydrogens is 527 g/mol. The number of carbonyl (C=O) groups excluding carboxylic acids is 1. The van der Waals surface area contributed by atoms with Crippen LogP contribution in [0, 0.1) is 11.2 Å². The monoisotopic (exact) mass is 566 g/mol. The summed E-state index contributed by atoms with van der Waals surface area (Å²) in [5, 5.41) is 20.3. The summed E-state index contributed by atoms with van der Waals surface area (Å²) in [5.74, 6) is 0.0463. The molecule has 3 heterocycles. The second kappa shape index (κ2) is 11.5. The van der Waals surface area contributed by atoms with Crippen molar-refractivity contribution in [3.63, 3.8) is 0 Å². The fourth-order valence-corrected chi connectivity index (χ4v) is 6.43. The molecule has 2 aromatic heterocycles. The van der Waals surface area contributed by atoms with Gasteiger partial charge in [0.05, 0.1) is 12.1 Å². The second-order valence-corrected chi connectivity index (χ2v) is 13.4. The number of aromatic nitrogens is 2. The van der Waals surface area contributed by atoms with Crippen LogP contribution in [0.3, 0.4) is 0 Å². The molecule has 40 heavy (non-hydrogen) atoms. The lowest BCUT2D eigenvalue weighted by Gasteiger charge is -2.47. The molecule has 1 aliphatic heterocycles. The fourth-order valence-electron chi connectivity index (χ4n) is 5.81. The molecule has 0 saturated heterocycles. The number of aliphatic hydroxyl groups is 1. The Balaban J connectivity index is 1.33. The van der Waals surface area contributed by atoms with Gasteiger partial charge in [0.25, 0.3) is 0 Å². The number of hydrogen-bond acceptors (Lipinski definition) is 7. The first-order valence-corrected chi connectivity index (χ1v) is 14.9. The molecule has 1 saturated carbocycles. The zero-order chi connectivity index (χ0) is 28.5. The summed E-state index contributed by atoms with van der Waals surface area (Å²) in [6, 6.07) is 6.32. The number of nitrogens with one attached hydrogen (secondary N) is 2. The highest BCUT2D eigenvalue weighted by molar-refractivity contribution is 7.13. The Bertz CT molecular complexity index is 1340. The highest BCUT2D eigenvalue weighted by Gasteiger charge is 2.46. The summed E-state index contributed by atoms with van der Waals surface area (Å²) in [6.07, 6.45) is 7.81. The van der Waals surface area contributed by atoms with Gasteiger partial charge in [0, 0.05) is 54.8 Å². The number of aliphatic hydroxyl groups excluding tert-OH is 1. The van der Waals surface area contributed by atoms with E-state index in [-0.39, 0.29) is 41.7 Å². The summed E-state index contributed by atoms with van der Waals surface area (Å²) in [4.78, 5) is 21.1. The zero-order valence-electron chi connectivity index (χ0n) is 23.7. The van der Waals surface area contributed by atoms with Crippen LogP contribution in [0.2, 0.25) is 0 Å². The van der Waals surface area contributed by atoms with Gasteiger partial charge in [-0.05, 0) is 72.9 Å². The third kappa shape index (κ3) is 6.87. The Morgan fingerprint density at radius 3 is 2.67 bits per heavy atom. The summed E-state index contributed by atoms with van der Waals surface area (Å²) >= 11 is 1.44. The average Bonchev–Trinajstić information content (AvgIpc) is 3.39. The first-order valence-electron chi connectivity index (χ1n) is 14.0. The lowest BCUT2D eigenvalue weighted by atomic mass is 9.73. The number of fused-ring (bicyclic) bond motifs is 1. The first kappa shape index (κ1) is 28.6. The molecule has 3 atom stereocenters. The van der Waals surface area contributed by atoms with Crippen LogP contribution in [-0.2, 0) is 17.6 Å². The van der Waals surface area contributed by atoms with Crippen LogP contribution in [0.25, 0.3) is 10.6 Å². The van der Waals surface area contributed by atoms with Gasteiger partial charge in [-0.1, -0.05) is 20.8 Å². The quantitative estimate of drug-likeness (QED) is 0.322. The van der Waals surface area contributed by atoms with Crippen LogP contribution in [0.15, 0.2) is 42.0 Å². The molecule has 9 heteroatoms. The van der Waals surface area contributed by atoms with Gasteiger partial charge in [-0.3, -0.25) is 4.79 Å². The van der Waals surface area contributed by atoms with Gasteiger partial charge in [-0.2, -0.15) is 0 Å². The summed E-state index contributed by atoms with van der Waals surface area (Å²) in [6.45, 7) is 8.30. The molecule has 3 aromatic rings. The number of halogens is 1. The van der Waals surface area contributed by atoms with Gasteiger partial charge in [0.1, 0.15) is 16.4 Å². The maximum Gasteiger partial charge on any atom is 0.218 e. The van der Waals surface area contributed by atoms with Crippen LogP contribution in [0.1, 0.15) is 76.1 Å². The largest absolute Gasteiger partial charge is 0.471 e. The van der Waals surface area contributed by atoms with Gasteiger partial charge in [0.15, 0.2) is 0 Å². The van der Waals surface area contributed by atoms with E-state index in [1.165, 1.54) is 30.4 Å². The van der Waals surface area contributed by atoms with E-state index in [0.717, 1.165) is 48.2 Å². The minimum absolute atomic E-state index is 0.0326. The Hall–Kier alpha value is -2.88. The van der Waals surface area contributed by atoms with E-state index in [1.54, 1.807) is 6.20 Å². The lowest BCUT2D eigenvalue weighted by molar-refractivity contribution is -0.120. The Morgan fingerprint density at radius 2 is 2.02 bits per heavy atom. The van der Waals surface area contributed by atoms with Gasteiger partial charge >= 0.3 is 0 Å². The van der Waals surface area contributed by atoms with E-state index in [2.05, 4.69) is 42.5 Å². The molecule has 2 aliphatic rings. The number of ether oxygens (including phenoxy) is 1. The number of benzene rings is 1. The SMILES string of the molecule is CC(=O)N[C@@H](Cc1cc(F)cc(-c2nccs2)c1)[C@H](O)CNC1CC2(CCC2)Oc2ncc(CC(C)(C)C)cc21. The summed E-state index contributed by atoms with van der Waals surface area (Å²) < 4.78 is 20.9. The van der Waals surface area contributed by atoms with Crippen LogP contribution in [0.5, 0.6) is 5.88 Å². The molecule has 0 bridgehead atoms. The van der Waals surface area contributed by atoms with Crippen molar-refractivity contribution in [2.75, 3.05) is 6.54 Å². The molecule has 1 aromatic carbocycles. The summed E-state index contributed by atoms with van der Waals surface area (Å²) in [5.41, 5.74) is 3.46. The van der Waals surface area contributed by atoms with Crippen LogP contribution in [-0.4, -0.2) is 45.3 Å². The van der Waals surface area contributed by atoms with Crippen LogP contribution < -0.4 is 15.4 Å². The number of carbonyl (C=O) groups is 1. The van der Waals surface area contributed by atoms with E-state index in [1.807, 2.05) is 17.6 Å². The lowest BCUT2D eigenvalue weighted by Crippen LogP contribution is -2.52. The maximum absolute atomic E-state index is 14.5. The van der Waals surface area contributed by atoms with E-state index in [4.69, 9.17) is 9.72 Å². The Labute approximate surface area is 239 Å². The normalized spacial score (nSPS) is 19.3. The molecule has 214 valence electrons. The molecule has 7 nitrogen and oxygen atoms in total. The van der Waals surface area contributed by atoms with Crippen molar-refractivity contribution >= 4 is 17.2 Å². The van der Waals surface area contributed by atoms with Crippen molar-refractivity contribution in [3.8, 4) is 16.5 Å². The molecule has 1 amide bonds. The molecule has 0 radical (unpaired) electrons. The molecule has 5 rings (SSSR count). The maximum atomic E-state index is 14.5. The van der Waals surface area contributed by atoms with E-state index in [0.29, 0.717) is 17.0 Å². The number of amides is 1. The first-order chi connectivity index (χ1) is 19.0. The predicted octanol–water partition coefficient (Wildman–Crippen LogP) is 5.38. The third-order valence-corrected chi connectivity index (χ3v) is 8.54. The van der Waals surface area contributed by atoms with Gasteiger partial charge < -0.3 is 20.5 Å². The molecular formula is C31H39FN4O3S. The highest BCUT2D eigenvalue weighted by Crippen LogP contribution is 2.48.